The van der Waals surface area contributed by atoms with Crippen LogP contribution in [0.25, 0.3) is 0 Å². The Balaban J connectivity index is 2.09. The highest BCUT2D eigenvalue weighted by Crippen LogP contribution is 2.16. The summed E-state index contributed by atoms with van der Waals surface area (Å²) < 4.78 is 27.1. The molecule has 1 saturated heterocycles. The molecule has 2 rings (SSSR count). The first kappa shape index (κ1) is 13.5. The van der Waals surface area contributed by atoms with Gasteiger partial charge in [0, 0.05) is 6.04 Å². The van der Waals surface area contributed by atoms with Crippen molar-refractivity contribution in [3.63, 3.8) is 0 Å². The van der Waals surface area contributed by atoms with Gasteiger partial charge in [0.15, 0.2) is 0 Å². The van der Waals surface area contributed by atoms with E-state index < -0.39 is 10.0 Å². The molecule has 1 aromatic rings. The van der Waals surface area contributed by atoms with E-state index in [-0.39, 0.29) is 6.04 Å². The highest BCUT2D eigenvalue weighted by atomic mass is 32.2. The zero-order valence-corrected chi connectivity index (χ0v) is 11.6. The van der Waals surface area contributed by atoms with Crippen LogP contribution in [0.1, 0.15) is 18.9 Å². The molecular weight excluding hydrogens is 248 g/mol. The first-order chi connectivity index (χ1) is 8.49. The molecule has 0 aliphatic carbocycles. The Morgan fingerprint density at radius 1 is 1.33 bits per heavy atom. The van der Waals surface area contributed by atoms with Crippen molar-refractivity contribution in [2.45, 2.75) is 31.2 Å². The topological polar surface area (TPSA) is 58.2 Å². The van der Waals surface area contributed by atoms with E-state index in [0.29, 0.717) is 10.8 Å². The van der Waals surface area contributed by atoms with Crippen LogP contribution < -0.4 is 10.0 Å². The lowest BCUT2D eigenvalue weighted by molar-refractivity contribution is 0.444. The highest BCUT2D eigenvalue weighted by Gasteiger charge is 2.25. The smallest absolute Gasteiger partial charge is 0.240 e. The summed E-state index contributed by atoms with van der Waals surface area (Å²) in [5.41, 5.74) is 1.06. The molecule has 0 saturated carbocycles. The van der Waals surface area contributed by atoms with Gasteiger partial charge in [0.1, 0.15) is 0 Å². The summed E-state index contributed by atoms with van der Waals surface area (Å²) in [6.07, 6.45) is 1.03. The van der Waals surface area contributed by atoms with Crippen molar-refractivity contribution < 1.29 is 8.42 Å². The van der Waals surface area contributed by atoms with Crippen molar-refractivity contribution in [2.24, 2.45) is 5.92 Å². The quantitative estimate of drug-likeness (QED) is 0.864. The molecule has 0 amide bonds. The number of benzene rings is 1. The largest absolute Gasteiger partial charge is 0.316 e. The monoisotopic (exact) mass is 268 g/mol. The van der Waals surface area contributed by atoms with E-state index in [2.05, 4.69) is 10.0 Å². The second-order valence-corrected chi connectivity index (χ2v) is 6.69. The maximum atomic E-state index is 12.2. The maximum Gasteiger partial charge on any atom is 0.240 e. The Kier molecular flexibility index (Phi) is 4.04. The van der Waals surface area contributed by atoms with Crippen LogP contribution in [0, 0.1) is 12.8 Å². The van der Waals surface area contributed by atoms with Crippen LogP contribution in [0.5, 0.6) is 0 Å². The summed E-state index contributed by atoms with van der Waals surface area (Å²) in [6.45, 7) is 5.74. The third kappa shape index (κ3) is 3.10. The number of nitrogens with one attached hydrogen (secondary N) is 2. The van der Waals surface area contributed by atoms with E-state index in [1.165, 1.54) is 0 Å². The lowest BCUT2D eigenvalue weighted by Gasteiger charge is -2.19. The highest BCUT2D eigenvalue weighted by molar-refractivity contribution is 7.89. The molecule has 0 radical (unpaired) electrons. The molecule has 2 atom stereocenters. The van der Waals surface area contributed by atoms with Crippen molar-refractivity contribution in [3.8, 4) is 0 Å². The molecule has 100 valence electrons. The fourth-order valence-corrected chi connectivity index (χ4v) is 3.54. The lowest BCUT2D eigenvalue weighted by atomic mass is 10.0. The van der Waals surface area contributed by atoms with E-state index in [9.17, 15) is 8.42 Å². The molecule has 1 aromatic carbocycles. The summed E-state index contributed by atoms with van der Waals surface area (Å²) in [5.74, 6) is 0.380. The molecule has 2 unspecified atom stereocenters. The van der Waals surface area contributed by atoms with Crippen LogP contribution in [0.3, 0.4) is 0 Å². The molecule has 1 fully saturated rings. The van der Waals surface area contributed by atoms with Gasteiger partial charge < -0.3 is 5.32 Å². The van der Waals surface area contributed by atoms with E-state index in [0.717, 1.165) is 25.1 Å². The SMILES string of the molecule is Cc1ccc(S(=O)(=O)NC(C)C2CCNC2)cc1. The molecule has 1 heterocycles. The third-order valence-electron chi connectivity index (χ3n) is 3.48. The van der Waals surface area contributed by atoms with Crippen LogP contribution in [0.4, 0.5) is 0 Å². The van der Waals surface area contributed by atoms with Crippen molar-refractivity contribution in [3.05, 3.63) is 29.8 Å². The average molecular weight is 268 g/mol. The molecule has 0 spiro atoms. The first-order valence-corrected chi connectivity index (χ1v) is 7.77. The van der Waals surface area contributed by atoms with Gasteiger partial charge in [-0.3, -0.25) is 0 Å². The molecule has 1 aliphatic rings. The number of hydrogen-bond acceptors (Lipinski definition) is 3. The predicted octanol–water partition coefficient (Wildman–Crippen LogP) is 1.27. The van der Waals surface area contributed by atoms with Crippen molar-refractivity contribution >= 4 is 10.0 Å². The molecule has 0 bridgehead atoms. The molecule has 4 nitrogen and oxygen atoms in total. The van der Waals surface area contributed by atoms with Gasteiger partial charge in [-0.05, 0) is 51.4 Å². The minimum absolute atomic E-state index is 0.0358. The zero-order valence-electron chi connectivity index (χ0n) is 10.8. The van der Waals surface area contributed by atoms with Crippen LogP contribution in [-0.4, -0.2) is 27.5 Å². The summed E-state index contributed by atoms with van der Waals surface area (Å²) in [7, 11) is -3.39. The maximum absolute atomic E-state index is 12.2. The van der Waals surface area contributed by atoms with E-state index in [1.54, 1.807) is 12.1 Å². The summed E-state index contributed by atoms with van der Waals surface area (Å²) in [5, 5.41) is 3.25. The predicted molar refractivity (Wildman–Crippen MR) is 71.9 cm³/mol. The molecule has 0 aromatic heterocycles. The Hall–Kier alpha value is -0.910. The van der Waals surface area contributed by atoms with Gasteiger partial charge >= 0.3 is 0 Å². The minimum Gasteiger partial charge on any atom is -0.316 e. The lowest BCUT2D eigenvalue weighted by Crippen LogP contribution is -2.38. The summed E-state index contributed by atoms with van der Waals surface area (Å²) in [6, 6.07) is 6.90. The number of hydrogen-bond donors (Lipinski definition) is 2. The van der Waals surface area contributed by atoms with Gasteiger partial charge in [0.05, 0.1) is 4.90 Å². The van der Waals surface area contributed by atoms with Crippen LogP contribution >= 0.6 is 0 Å². The first-order valence-electron chi connectivity index (χ1n) is 6.29. The summed E-state index contributed by atoms with van der Waals surface area (Å²) in [4.78, 5) is 0.339. The van der Waals surface area contributed by atoms with Crippen molar-refractivity contribution in [2.75, 3.05) is 13.1 Å². The van der Waals surface area contributed by atoms with Crippen LogP contribution in [-0.2, 0) is 10.0 Å². The molecule has 18 heavy (non-hydrogen) atoms. The second kappa shape index (κ2) is 5.38. The van der Waals surface area contributed by atoms with E-state index >= 15 is 0 Å². The average Bonchev–Trinajstić information content (AvgIpc) is 2.82. The normalized spacial score (nSPS) is 22.0. The van der Waals surface area contributed by atoms with Crippen molar-refractivity contribution in [1.82, 2.24) is 10.0 Å². The molecule has 2 N–H and O–H groups in total. The zero-order chi connectivity index (χ0) is 13.2. The van der Waals surface area contributed by atoms with Gasteiger partial charge in [0.25, 0.3) is 0 Å². The minimum atomic E-state index is -3.39. The van der Waals surface area contributed by atoms with Gasteiger partial charge in [-0.1, -0.05) is 17.7 Å². The van der Waals surface area contributed by atoms with Crippen molar-refractivity contribution in [1.29, 1.82) is 0 Å². The number of aryl methyl sites for hydroxylation is 1. The molecule has 1 aliphatic heterocycles. The number of sulfonamides is 1. The summed E-state index contributed by atoms with van der Waals surface area (Å²) >= 11 is 0. The fourth-order valence-electron chi connectivity index (χ4n) is 2.23. The number of rotatable bonds is 4. The third-order valence-corrected chi connectivity index (χ3v) is 5.05. The Morgan fingerprint density at radius 3 is 2.56 bits per heavy atom. The molecular formula is C13H20N2O2S. The van der Waals surface area contributed by atoms with Crippen LogP contribution in [0.15, 0.2) is 29.2 Å². The standard InChI is InChI=1S/C13H20N2O2S/c1-10-3-5-13(6-4-10)18(16,17)15-11(2)12-7-8-14-9-12/h3-6,11-12,14-15H,7-9H2,1-2H3. The van der Waals surface area contributed by atoms with E-state index in [1.807, 2.05) is 26.0 Å². The van der Waals surface area contributed by atoms with Gasteiger partial charge in [-0.2, -0.15) is 0 Å². The fraction of sp³-hybridized carbons (Fsp3) is 0.538. The Morgan fingerprint density at radius 2 is 2.00 bits per heavy atom. The molecule has 5 heteroatoms. The van der Waals surface area contributed by atoms with Crippen LogP contribution in [0.2, 0.25) is 0 Å². The Bertz CT molecular complexity index is 490. The van der Waals surface area contributed by atoms with E-state index in [4.69, 9.17) is 0 Å². The Labute approximate surface area is 109 Å². The van der Waals surface area contributed by atoms with Gasteiger partial charge in [0.2, 0.25) is 10.0 Å². The second-order valence-electron chi connectivity index (χ2n) is 4.98. The van der Waals surface area contributed by atoms with Gasteiger partial charge in [-0.25, -0.2) is 13.1 Å². The van der Waals surface area contributed by atoms with Gasteiger partial charge in [-0.15, -0.1) is 0 Å².